The van der Waals surface area contributed by atoms with Gasteiger partial charge in [0.25, 0.3) is 0 Å². The summed E-state index contributed by atoms with van der Waals surface area (Å²) < 4.78 is 14.5. The smallest absolute Gasteiger partial charge is 0.238 e. The third kappa shape index (κ3) is 1.92. The summed E-state index contributed by atoms with van der Waals surface area (Å²) in [6, 6.07) is 4.34. The third-order valence-corrected chi connectivity index (χ3v) is 4.15. The van der Waals surface area contributed by atoms with E-state index in [4.69, 9.17) is 0 Å². The number of hydrogen-bond donors (Lipinski definition) is 0. The first kappa shape index (κ1) is 12.5. The number of amides is 2. The van der Waals surface area contributed by atoms with Crippen LogP contribution >= 0.6 is 15.9 Å². The molecule has 0 bridgehead atoms. The summed E-state index contributed by atoms with van der Waals surface area (Å²) in [6.45, 7) is 0. The standard InChI is InChI=1S/C14H11BrFNO2/c15-8-5-6-12(11(16)7-8)17-13(18)9-3-1-2-4-10(9)14(17)19/h1-2,5-7,9-10H,3-4H2. The molecule has 2 unspecified atom stereocenters. The Morgan fingerprint density at radius 2 is 1.68 bits per heavy atom. The van der Waals surface area contributed by atoms with E-state index in [1.54, 1.807) is 6.07 Å². The molecule has 3 rings (SSSR count). The van der Waals surface area contributed by atoms with Gasteiger partial charge in [0.2, 0.25) is 11.8 Å². The number of allylic oxidation sites excluding steroid dienone is 2. The second kappa shape index (κ2) is 4.56. The van der Waals surface area contributed by atoms with Crippen molar-refractivity contribution in [2.45, 2.75) is 12.8 Å². The normalized spacial score (nSPS) is 25.9. The van der Waals surface area contributed by atoms with Crippen LogP contribution in [-0.2, 0) is 9.59 Å². The Bertz CT molecular complexity index is 573. The molecule has 2 amide bonds. The lowest BCUT2D eigenvalue weighted by Gasteiger charge is -2.15. The molecule has 1 aromatic carbocycles. The summed E-state index contributed by atoms with van der Waals surface area (Å²) in [4.78, 5) is 25.6. The summed E-state index contributed by atoms with van der Waals surface area (Å²) in [7, 11) is 0. The van der Waals surface area contributed by atoms with E-state index in [9.17, 15) is 14.0 Å². The van der Waals surface area contributed by atoms with Gasteiger partial charge in [0.05, 0.1) is 17.5 Å². The van der Waals surface area contributed by atoms with Gasteiger partial charge >= 0.3 is 0 Å². The average Bonchev–Trinajstić information content (AvgIpc) is 2.64. The van der Waals surface area contributed by atoms with Crippen LogP contribution in [0.4, 0.5) is 10.1 Å². The summed E-state index contributed by atoms with van der Waals surface area (Å²) in [5, 5.41) is 0. The minimum atomic E-state index is -0.567. The van der Waals surface area contributed by atoms with Gasteiger partial charge in [0, 0.05) is 4.47 Å². The first-order valence-electron chi connectivity index (χ1n) is 6.07. The largest absolute Gasteiger partial charge is 0.274 e. The zero-order valence-electron chi connectivity index (χ0n) is 9.98. The minimum Gasteiger partial charge on any atom is -0.274 e. The first-order valence-corrected chi connectivity index (χ1v) is 6.87. The number of hydrogen-bond acceptors (Lipinski definition) is 2. The highest BCUT2D eigenvalue weighted by Gasteiger charge is 2.48. The van der Waals surface area contributed by atoms with Crippen molar-refractivity contribution in [2.24, 2.45) is 11.8 Å². The highest BCUT2D eigenvalue weighted by Crippen LogP contribution is 2.38. The molecule has 0 radical (unpaired) electrons. The maximum Gasteiger partial charge on any atom is 0.238 e. The molecule has 0 N–H and O–H groups in total. The van der Waals surface area contributed by atoms with Crippen LogP contribution in [0, 0.1) is 17.7 Å². The third-order valence-electron chi connectivity index (χ3n) is 3.66. The van der Waals surface area contributed by atoms with Crippen LogP contribution in [-0.4, -0.2) is 11.8 Å². The second-order valence-corrected chi connectivity index (χ2v) is 5.68. The number of benzene rings is 1. The Kier molecular flexibility index (Phi) is 3.01. The topological polar surface area (TPSA) is 37.4 Å². The number of carbonyl (C=O) groups is 2. The molecule has 1 heterocycles. The fourth-order valence-electron chi connectivity index (χ4n) is 2.70. The number of rotatable bonds is 1. The van der Waals surface area contributed by atoms with Crippen molar-refractivity contribution in [2.75, 3.05) is 4.90 Å². The summed E-state index contributed by atoms with van der Waals surface area (Å²) >= 11 is 3.16. The Labute approximate surface area is 118 Å². The van der Waals surface area contributed by atoms with Gasteiger partial charge in [0.1, 0.15) is 5.82 Å². The van der Waals surface area contributed by atoms with E-state index in [0.717, 1.165) is 4.90 Å². The molecule has 1 aliphatic carbocycles. The predicted octanol–water partition coefficient (Wildman–Crippen LogP) is 3.04. The van der Waals surface area contributed by atoms with Crippen LogP contribution < -0.4 is 4.90 Å². The molecule has 2 aliphatic rings. The molecule has 19 heavy (non-hydrogen) atoms. The van der Waals surface area contributed by atoms with E-state index in [2.05, 4.69) is 15.9 Å². The van der Waals surface area contributed by atoms with Gasteiger partial charge in [-0.15, -0.1) is 0 Å². The highest BCUT2D eigenvalue weighted by molar-refractivity contribution is 9.10. The van der Waals surface area contributed by atoms with Crippen molar-refractivity contribution in [1.29, 1.82) is 0 Å². The SMILES string of the molecule is O=C1C2CC=CCC2C(=O)N1c1ccc(Br)cc1F. The molecule has 2 atom stereocenters. The molecular formula is C14H11BrFNO2. The maximum absolute atomic E-state index is 13.9. The molecule has 1 fully saturated rings. The summed E-state index contributed by atoms with van der Waals surface area (Å²) in [5.41, 5.74) is 0.0487. The van der Waals surface area contributed by atoms with E-state index in [0.29, 0.717) is 17.3 Å². The van der Waals surface area contributed by atoms with Gasteiger partial charge in [-0.3, -0.25) is 9.59 Å². The van der Waals surface area contributed by atoms with Gasteiger partial charge < -0.3 is 0 Å². The molecular weight excluding hydrogens is 313 g/mol. The molecule has 1 saturated heterocycles. The quantitative estimate of drug-likeness (QED) is 0.588. The first-order chi connectivity index (χ1) is 9.09. The average molecular weight is 324 g/mol. The Morgan fingerprint density at radius 1 is 1.11 bits per heavy atom. The number of imide groups is 1. The maximum atomic E-state index is 13.9. The van der Waals surface area contributed by atoms with E-state index < -0.39 is 5.82 Å². The molecule has 0 saturated carbocycles. The number of nitrogens with zero attached hydrogens (tertiary/aromatic N) is 1. The summed E-state index contributed by atoms with van der Waals surface area (Å²) in [6.07, 6.45) is 4.94. The fraction of sp³-hybridized carbons (Fsp3) is 0.286. The number of anilines is 1. The monoisotopic (exact) mass is 323 g/mol. The zero-order chi connectivity index (χ0) is 13.6. The molecule has 5 heteroatoms. The van der Waals surface area contributed by atoms with Crippen molar-refractivity contribution in [3.63, 3.8) is 0 Å². The summed E-state index contributed by atoms with van der Waals surface area (Å²) in [5.74, 6) is -1.81. The van der Waals surface area contributed by atoms with Crippen LogP contribution in [0.3, 0.4) is 0 Å². The predicted molar refractivity (Wildman–Crippen MR) is 71.9 cm³/mol. The molecule has 0 aromatic heterocycles. The van der Waals surface area contributed by atoms with Crippen molar-refractivity contribution < 1.29 is 14.0 Å². The molecule has 0 spiro atoms. The van der Waals surface area contributed by atoms with Crippen molar-refractivity contribution >= 4 is 33.4 Å². The Balaban J connectivity index is 2.02. The highest BCUT2D eigenvalue weighted by atomic mass is 79.9. The Hall–Kier alpha value is -1.49. The van der Waals surface area contributed by atoms with Gasteiger partial charge in [0.15, 0.2) is 0 Å². The number of fused-ring (bicyclic) bond motifs is 1. The van der Waals surface area contributed by atoms with Crippen LogP contribution in [0.15, 0.2) is 34.8 Å². The molecule has 1 aliphatic heterocycles. The Morgan fingerprint density at radius 3 is 2.21 bits per heavy atom. The minimum absolute atomic E-state index is 0.0487. The molecule has 3 nitrogen and oxygen atoms in total. The lowest BCUT2D eigenvalue weighted by atomic mass is 9.85. The van der Waals surface area contributed by atoms with Crippen molar-refractivity contribution in [3.8, 4) is 0 Å². The van der Waals surface area contributed by atoms with Crippen molar-refractivity contribution in [1.82, 2.24) is 0 Å². The van der Waals surface area contributed by atoms with Crippen LogP contribution in [0.1, 0.15) is 12.8 Å². The van der Waals surface area contributed by atoms with Crippen molar-refractivity contribution in [3.05, 3.63) is 40.6 Å². The second-order valence-electron chi connectivity index (χ2n) is 4.76. The van der Waals surface area contributed by atoms with E-state index in [-0.39, 0.29) is 29.3 Å². The number of carbonyl (C=O) groups excluding carboxylic acids is 2. The lowest BCUT2D eigenvalue weighted by Crippen LogP contribution is -2.31. The fourth-order valence-corrected chi connectivity index (χ4v) is 3.03. The lowest BCUT2D eigenvalue weighted by molar-refractivity contribution is -0.122. The number of halogens is 2. The van der Waals surface area contributed by atoms with Gasteiger partial charge in [-0.25, -0.2) is 9.29 Å². The van der Waals surface area contributed by atoms with Gasteiger partial charge in [-0.1, -0.05) is 28.1 Å². The van der Waals surface area contributed by atoms with E-state index in [1.165, 1.54) is 12.1 Å². The van der Waals surface area contributed by atoms with Crippen LogP contribution in [0.25, 0.3) is 0 Å². The zero-order valence-corrected chi connectivity index (χ0v) is 11.6. The van der Waals surface area contributed by atoms with E-state index in [1.807, 2.05) is 12.2 Å². The van der Waals surface area contributed by atoms with E-state index >= 15 is 0 Å². The van der Waals surface area contributed by atoms with Gasteiger partial charge in [-0.2, -0.15) is 0 Å². The van der Waals surface area contributed by atoms with Crippen LogP contribution in [0.2, 0.25) is 0 Å². The molecule has 1 aromatic rings. The molecule has 98 valence electrons. The van der Waals surface area contributed by atoms with Crippen LogP contribution in [0.5, 0.6) is 0 Å². The van der Waals surface area contributed by atoms with Gasteiger partial charge in [-0.05, 0) is 31.0 Å².